The van der Waals surface area contributed by atoms with Crippen molar-refractivity contribution in [3.05, 3.63) is 56.9 Å². The number of hydrogen-bond acceptors (Lipinski definition) is 4. The molecule has 3 atom stereocenters. The number of nitrogens with zero attached hydrogens (tertiary/aromatic N) is 1. The van der Waals surface area contributed by atoms with E-state index in [2.05, 4.69) is 20.9 Å². The Morgan fingerprint density at radius 2 is 2.07 bits per heavy atom. The zero-order valence-electron chi connectivity index (χ0n) is 15.2. The fraction of sp³-hybridized carbons (Fsp3) is 0.400. The molecule has 9 heteroatoms. The average Bonchev–Trinajstić information content (AvgIpc) is 3.23. The summed E-state index contributed by atoms with van der Waals surface area (Å²) in [7, 11) is 0. The van der Waals surface area contributed by atoms with Crippen molar-refractivity contribution in [1.82, 2.24) is 4.98 Å². The molecule has 1 saturated carbocycles. The molecule has 0 aliphatic heterocycles. The number of esters is 1. The highest BCUT2D eigenvalue weighted by molar-refractivity contribution is 9.10. The molecule has 0 bridgehead atoms. The van der Waals surface area contributed by atoms with Gasteiger partial charge in [0.2, 0.25) is 5.88 Å². The van der Waals surface area contributed by atoms with Crippen molar-refractivity contribution in [2.24, 2.45) is 11.8 Å². The highest BCUT2D eigenvalue weighted by Gasteiger charge is 2.60. The van der Waals surface area contributed by atoms with E-state index < -0.39 is 17.6 Å². The van der Waals surface area contributed by atoms with E-state index in [1.165, 1.54) is 0 Å². The van der Waals surface area contributed by atoms with Crippen molar-refractivity contribution in [1.29, 1.82) is 0 Å². The Morgan fingerprint density at radius 1 is 1.31 bits per heavy atom. The fourth-order valence-corrected chi connectivity index (χ4v) is 4.59. The van der Waals surface area contributed by atoms with Gasteiger partial charge in [0.15, 0.2) is 0 Å². The molecule has 0 unspecified atom stereocenters. The summed E-state index contributed by atoms with van der Waals surface area (Å²) in [6.45, 7) is 1.86. The third kappa shape index (κ3) is 3.72. The second kappa shape index (κ2) is 7.27. The van der Waals surface area contributed by atoms with Gasteiger partial charge in [-0.2, -0.15) is 13.2 Å². The molecule has 0 saturated heterocycles. The summed E-state index contributed by atoms with van der Waals surface area (Å²) in [6, 6.07) is 3.24. The van der Waals surface area contributed by atoms with Crippen molar-refractivity contribution in [2.45, 2.75) is 32.0 Å². The summed E-state index contributed by atoms with van der Waals surface area (Å²) in [6.07, 6.45) is -2.29. The van der Waals surface area contributed by atoms with Gasteiger partial charge in [-0.25, -0.2) is 9.37 Å². The lowest BCUT2D eigenvalue weighted by Crippen LogP contribution is -2.11. The number of rotatable bonds is 5. The molecule has 0 N–H and O–H groups in total. The summed E-state index contributed by atoms with van der Waals surface area (Å²) >= 11 is 2.83. The summed E-state index contributed by atoms with van der Waals surface area (Å²) in [5.74, 6) is -0.710. The first kappa shape index (κ1) is 20.1. The first-order chi connectivity index (χ1) is 13.7. The molecule has 0 spiro atoms. The molecular weight excluding hydrogens is 458 g/mol. The number of hydrogen-bond donors (Lipinski definition) is 0. The van der Waals surface area contributed by atoms with Crippen molar-refractivity contribution >= 4 is 21.9 Å². The molecule has 2 aliphatic carbocycles. The van der Waals surface area contributed by atoms with E-state index in [4.69, 9.17) is 9.47 Å². The average molecular weight is 474 g/mol. The number of halogens is 5. The summed E-state index contributed by atoms with van der Waals surface area (Å²) < 4.78 is 62.9. The van der Waals surface area contributed by atoms with Crippen molar-refractivity contribution in [3.63, 3.8) is 0 Å². The molecule has 0 amide bonds. The van der Waals surface area contributed by atoms with Gasteiger partial charge in [0.05, 0.1) is 18.1 Å². The summed E-state index contributed by atoms with van der Waals surface area (Å²) in [4.78, 5) is 16.1. The molecule has 1 fully saturated rings. The lowest BCUT2D eigenvalue weighted by molar-refractivity contribution is -0.145. The molecule has 29 heavy (non-hydrogen) atoms. The first-order valence-electron chi connectivity index (χ1n) is 9.04. The number of ether oxygens (including phenoxy) is 2. The maximum atomic E-state index is 14.1. The van der Waals surface area contributed by atoms with Crippen LogP contribution in [0.15, 0.2) is 28.9 Å². The number of pyridine rings is 1. The lowest BCUT2D eigenvalue weighted by Gasteiger charge is -2.13. The van der Waals surface area contributed by atoms with Gasteiger partial charge in [-0.1, -0.05) is 15.9 Å². The van der Waals surface area contributed by atoms with Crippen LogP contribution < -0.4 is 4.74 Å². The van der Waals surface area contributed by atoms with Crippen molar-refractivity contribution < 1.29 is 31.8 Å². The summed E-state index contributed by atoms with van der Waals surface area (Å²) in [5, 5.41) is 0. The monoisotopic (exact) mass is 473 g/mol. The normalized spacial score (nSPS) is 22.1. The van der Waals surface area contributed by atoms with Gasteiger partial charge in [0, 0.05) is 28.2 Å². The molecule has 1 aromatic carbocycles. The zero-order chi connectivity index (χ0) is 20.9. The van der Waals surface area contributed by atoms with E-state index in [1.54, 1.807) is 19.2 Å². The molecule has 4 rings (SSSR count). The maximum absolute atomic E-state index is 14.1. The zero-order valence-corrected chi connectivity index (χ0v) is 16.8. The molecule has 4 nitrogen and oxygen atoms in total. The van der Waals surface area contributed by atoms with Crippen LogP contribution in [0.2, 0.25) is 0 Å². The number of carbonyl (C=O) groups excluding carboxylic acids is 1. The second-order valence-electron chi connectivity index (χ2n) is 7.10. The van der Waals surface area contributed by atoms with Crippen LogP contribution in [0.25, 0.3) is 0 Å². The van der Waals surface area contributed by atoms with Gasteiger partial charge in [-0.05, 0) is 42.5 Å². The topological polar surface area (TPSA) is 48.4 Å². The van der Waals surface area contributed by atoms with E-state index in [1.807, 2.05) is 0 Å². The van der Waals surface area contributed by atoms with Crippen LogP contribution in [0, 0.1) is 17.7 Å². The quantitative estimate of drug-likeness (QED) is 0.451. The van der Waals surface area contributed by atoms with Gasteiger partial charge in [0.1, 0.15) is 12.4 Å². The van der Waals surface area contributed by atoms with E-state index in [9.17, 15) is 22.4 Å². The number of alkyl halides is 3. The largest absolute Gasteiger partial charge is 0.473 e. The maximum Gasteiger partial charge on any atom is 0.417 e. The van der Waals surface area contributed by atoms with Gasteiger partial charge in [-0.15, -0.1) is 0 Å². The van der Waals surface area contributed by atoms with Crippen LogP contribution in [-0.2, 0) is 28.7 Å². The van der Waals surface area contributed by atoms with Gasteiger partial charge >= 0.3 is 12.1 Å². The second-order valence-corrected chi connectivity index (χ2v) is 7.96. The minimum Gasteiger partial charge on any atom is -0.473 e. The van der Waals surface area contributed by atoms with Crippen molar-refractivity contribution in [2.75, 3.05) is 6.61 Å². The summed E-state index contributed by atoms with van der Waals surface area (Å²) in [5.41, 5.74) is 0.908. The Kier molecular flexibility index (Phi) is 5.04. The highest BCUT2D eigenvalue weighted by atomic mass is 79.9. The molecule has 2 aromatic rings. The van der Waals surface area contributed by atoms with Crippen LogP contribution >= 0.6 is 15.9 Å². The van der Waals surface area contributed by atoms with E-state index in [0.717, 1.165) is 17.2 Å². The minimum absolute atomic E-state index is 0.0163. The van der Waals surface area contributed by atoms with Gasteiger partial charge in [-0.3, -0.25) is 4.79 Å². The standard InChI is InChI=1S/C20H16BrF4NO3/c1-2-28-19(27)18-11-3-9-5-16(26-7-12(9)17(11)18)29-8-10-4-14(21)13(6-15(10)22)20(23,24)25/h4-7,11,17-18H,2-3,8H2,1H3/t11-,17+,18-/m0/s1. The number of carbonyl (C=O) groups is 1. The van der Waals surface area contributed by atoms with E-state index >= 15 is 0 Å². The van der Waals surface area contributed by atoms with E-state index in [-0.39, 0.29) is 46.2 Å². The predicted molar refractivity (Wildman–Crippen MR) is 97.7 cm³/mol. The Hall–Kier alpha value is -2.16. The first-order valence-corrected chi connectivity index (χ1v) is 9.83. The number of benzene rings is 1. The SMILES string of the molecule is CCOC(=O)[C@H]1[C@H]2Cc3cc(OCc4cc(Br)c(C(F)(F)F)cc4F)ncc3[C@@H]21. The smallest absolute Gasteiger partial charge is 0.417 e. The molecule has 0 radical (unpaired) electrons. The Balaban J connectivity index is 1.44. The Bertz CT molecular complexity index is 979. The predicted octanol–water partition coefficient (Wildman–Crippen LogP) is 5.03. The molecule has 1 heterocycles. The minimum atomic E-state index is -4.65. The van der Waals surface area contributed by atoms with E-state index in [0.29, 0.717) is 19.1 Å². The third-order valence-corrected chi connectivity index (χ3v) is 6.01. The van der Waals surface area contributed by atoms with Crippen molar-refractivity contribution in [3.8, 4) is 5.88 Å². The van der Waals surface area contributed by atoms with Gasteiger partial charge < -0.3 is 9.47 Å². The number of fused-ring (bicyclic) bond motifs is 3. The van der Waals surface area contributed by atoms with Crippen LogP contribution in [0.5, 0.6) is 5.88 Å². The molecule has 1 aromatic heterocycles. The number of aromatic nitrogens is 1. The van der Waals surface area contributed by atoms with Crippen LogP contribution in [0.4, 0.5) is 17.6 Å². The van der Waals surface area contributed by atoms with Crippen LogP contribution in [0.1, 0.15) is 35.1 Å². The molecule has 2 aliphatic rings. The van der Waals surface area contributed by atoms with Crippen LogP contribution in [0.3, 0.4) is 0 Å². The van der Waals surface area contributed by atoms with Crippen LogP contribution in [-0.4, -0.2) is 17.6 Å². The molecule has 154 valence electrons. The lowest BCUT2D eigenvalue weighted by atomic mass is 10.0. The fourth-order valence-electron chi connectivity index (χ4n) is 3.97. The third-order valence-electron chi connectivity index (χ3n) is 5.36. The van der Waals surface area contributed by atoms with Gasteiger partial charge in [0.25, 0.3) is 0 Å². The Morgan fingerprint density at radius 3 is 2.76 bits per heavy atom. The highest BCUT2D eigenvalue weighted by Crippen LogP contribution is 2.61. The Labute approximate surface area is 172 Å². The molecular formula is C20H16BrF4NO3.